The van der Waals surface area contributed by atoms with E-state index in [4.69, 9.17) is 4.42 Å². The Labute approximate surface area is 291 Å². The summed E-state index contributed by atoms with van der Waals surface area (Å²) in [5, 5.41) is 0.0250. The number of halogens is 2. The second kappa shape index (κ2) is 12.0. The number of rotatable bonds is 5. The topological polar surface area (TPSA) is 138 Å². The van der Waals surface area contributed by atoms with E-state index in [-0.39, 0.29) is 75.5 Å². The van der Waals surface area contributed by atoms with Crippen LogP contribution in [0.25, 0.3) is 38.8 Å². The summed E-state index contributed by atoms with van der Waals surface area (Å²) in [6, 6.07) is 2.96. The van der Waals surface area contributed by atoms with Gasteiger partial charge in [-0.2, -0.15) is 0 Å². The summed E-state index contributed by atoms with van der Waals surface area (Å²) in [5.74, 6) is -4.19. The third-order valence-corrected chi connectivity index (χ3v) is 9.98. The van der Waals surface area contributed by atoms with Crippen LogP contribution in [-0.4, -0.2) is 68.5 Å². The van der Waals surface area contributed by atoms with Crippen LogP contribution in [0.4, 0.5) is 20.2 Å². The Morgan fingerprint density at radius 1 is 1.02 bits per heavy atom. The van der Waals surface area contributed by atoms with Crippen molar-refractivity contribution in [1.29, 1.82) is 0 Å². The molecule has 1 N–H and O–H groups in total. The second-order valence-electron chi connectivity index (χ2n) is 13.8. The van der Waals surface area contributed by atoms with Crippen LogP contribution >= 0.6 is 0 Å². The first-order chi connectivity index (χ1) is 24.2. The molecule has 0 spiro atoms. The Kier molecular flexibility index (Phi) is 7.95. The van der Waals surface area contributed by atoms with Crippen LogP contribution < -0.4 is 21.1 Å². The molecule has 2 aromatic carbocycles. The lowest BCUT2D eigenvalue weighted by atomic mass is 9.93. The maximum absolute atomic E-state index is 17.8. The van der Waals surface area contributed by atoms with Crippen LogP contribution in [0.1, 0.15) is 63.4 Å². The number of H-pyrrole nitrogens is 1. The van der Waals surface area contributed by atoms with Gasteiger partial charge in [-0.25, -0.2) is 23.5 Å². The summed E-state index contributed by atoms with van der Waals surface area (Å²) in [4.78, 5) is 70.3. The van der Waals surface area contributed by atoms with Gasteiger partial charge in [0.25, 0.3) is 11.5 Å². The van der Waals surface area contributed by atoms with Gasteiger partial charge in [0.2, 0.25) is 5.91 Å². The number of pyridine rings is 1. The van der Waals surface area contributed by atoms with E-state index in [0.29, 0.717) is 17.0 Å². The van der Waals surface area contributed by atoms with Crippen LogP contribution in [0.2, 0.25) is 0 Å². The van der Waals surface area contributed by atoms with Gasteiger partial charge in [0.15, 0.2) is 11.4 Å². The summed E-state index contributed by atoms with van der Waals surface area (Å²) < 4.78 is 41.3. The monoisotopic (exact) mass is 697 g/mol. The van der Waals surface area contributed by atoms with E-state index in [0.717, 1.165) is 6.07 Å². The highest BCUT2D eigenvalue weighted by Crippen LogP contribution is 2.46. The van der Waals surface area contributed by atoms with E-state index < -0.39 is 46.5 Å². The van der Waals surface area contributed by atoms with Gasteiger partial charge < -0.3 is 19.1 Å². The number of hydrogen-bond donors (Lipinski definition) is 1. The fraction of sp³-hybridized carbons (Fsp3) is 0.351. The number of amides is 2. The Bertz CT molecular complexity index is 2420. The maximum Gasteiger partial charge on any atom is 0.417 e. The molecule has 2 aliphatic heterocycles. The number of anilines is 2. The third kappa shape index (κ3) is 4.90. The van der Waals surface area contributed by atoms with Crippen molar-refractivity contribution in [2.45, 2.75) is 65.5 Å². The quantitative estimate of drug-likeness (QED) is 0.245. The van der Waals surface area contributed by atoms with Gasteiger partial charge in [-0.15, -0.1) is 0 Å². The number of aromatic nitrogens is 4. The van der Waals surface area contributed by atoms with E-state index in [1.165, 1.54) is 33.8 Å². The molecule has 264 valence electrons. The summed E-state index contributed by atoms with van der Waals surface area (Å²) in [6.45, 7) is 14.6. The normalized spacial score (nSPS) is 17.5. The number of benzene rings is 2. The molecular formula is C37H37F2N7O5. The Morgan fingerprint density at radius 2 is 1.69 bits per heavy atom. The van der Waals surface area contributed by atoms with E-state index in [9.17, 15) is 14.4 Å². The maximum atomic E-state index is 17.8. The minimum Gasteiger partial charge on any atom is -0.407 e. The SMILES string of the molecule is C=CC(=O)N1CC2C(=O)N(C)c3c(c4cc(F)c(-c5c(C)ccc6[nH]c(=O)oc56)c(F)c4n(-c4c(C(C)C)ncnc4C(C)C)c3=O)N2CC1C. The van der Waals surface area contributed by atoms with Crippen molar-refractivity contribution < 1.29 is 22.8 Å². The molecule has 3 aromatic heterocycles. The molecule has 1 fully saturated rings. The van der Waals surface area contributed by atoms with Crippen LogP contribution in [0, 0.1) is 18.6 Å². The van der Waals surface area contributed by atoms with Crippen LogP contribution in [0.3, 0.4) is 0 Å². The number of nitrogens with zero attached hydrogens (tertiary/aromatic N) is 6. The highest BCUT2D eigenvalue weighted by atomic mass is 19.1. The fourth-order valence-corrected chi connectivity index (χ4v) is 7.58. The number of aryl methyl sites for hydroxylation is 1. The first-order valence-corrected chi connectivity index (χ1v) is 16.7. The Morgan fingerprint density at radius 3 is 2.31 bits per heavy atom. The van der Waals surface area contributed by atoms with Gasteiger partial charge in [-0.05, 0) is 49.5 Å². The molecule has 51 heavy (non-hydrogen) atoms. The first kappa shape index (κ1) is 33.8. The molecule has 1 saturated heterocycles. The van der Waals surface area contributed by atoms with E-state index in [1.807, 2.05) is 27.7 Å². The van der Waals surface area contributed by atoms with E-state index in [2.05, 4.69) is 21.5 Å². The molecule has 5 aromatic rings. The number of hydrogen-bond acceptors (Lipinski definition) is 8. The number of nitrogens with one attached hydrogen (secondary N) is 1. The van der Waals surface area contributed by atoms with Gasteiger partial charge in [0.1, 0.15) is 23.9 Å². The van der Waals surface area contributed by atoms with Crippen molar-refractivity contribution in [3.8, 4) is 16.8 Å². The van der Waals surface area contributed by atoms with Gasteiger partial charge in [-0.1, -0.05) is 40.3 Å². The number of piperazine rings is 1. The molecule has 2 aliphatic rings. The average Bonchev–Trinajstić information content (AvgIpc) is 3.47. The smallest absolute Gasteiger partial charge is 0.407 e. The lowest BCUT2D eigenvalue weighted by Gasteiger charge is -2.50. The number of aromatic amines is 1. The third-order valence-electron chi connectivity index (χ3n) is 9.98. The lowest BCUT2D eigenvalue weighted by molar-refractivity contribution is -0.130. The number of carbonyl (C=O) groups is 2. The molecule has 2 atom stereocenters. The number of carbonyl (C=O) groups excluding carboxylic acids is 2. The fourth-order valence-electron chi connectivity index (χ4n) is 7.58. The predicted octanol–water partition coefficient (Wildman–Crippen LogP) is 5.28. The molecule has 12 nitrogen and oxygen atoms in total. The Hall–Kier alpha value is -5.66. The van der Waals surface area contributed by atoms with Crippen molar-refractivity contribution in [2.75, 3.05) is 29.9 Å². The van der Waals surface area contributed by atoms with Gasteiger partial charge in [0.05, 0.1) is 45.9 Å². The van der Waals surface area contributed by atoms with Crippen molar-refractivity contribution in [2.24, 2.45) is 0 Å². The summed E-state index contributed by atoms with van der Waals surface area (Å²) >= 11 is 0. The molecule has 0 saturated carbocycles. The van der Waals surface area contributed by atoms with Crippen LogP contribution in [-0.2, 0) is 9.59 Å². The minimum absolute atomic E-state index is 0.00675. The van der Waals surface area contributed by atoms with Crippen molar-refractivity contribution in [1.82, 2.24) is 24.4 Å². The molecule has 0 radical (unpaired) electrons. The zero-order chi connectivity index (χ0) is 36.8. The summed E-state index contributed by atoms with van der Waals surface area (Å²) in [5.41, 5.74) is 0.356. The molecule has 5 heterocycles. The van der Waals surface area contributed by atoms with Crippen molar-refractivity contribution in [3.05, 3.63) is 86.7 Å². The molecular weight excluding hydrogens is 660 g/mol. The zero-order valence-electron chi connectivity index (χ0n) is 29.3. The standard InChI is InChI=1S/C37H37F2N7O5/c1-9-24(47)44-14-23-35(48)43(8)33-31(45(23)13-19(44)7)20-12-21(38)26(25-18(6)10-11-22-34(25)51-37(50)42-22)27(39)30(20)46(36(33)49)32-28(16(2)3)40-15-41-29(32)17(4)5/h9-12,15-17,19,23H,1,13-14H2,2-8H3,(H,42,50). The summed E-state index contributed by atoms with van der Waals surface area (Å²) in [7, 11) is 1.45. The van der Waals surface area contributed by atoms with Gasteiger partial charge in [0, 0.05) is 30.6 Å². The second-order valence-corrected chi connectivity index (χ2v) is 13.8. The predicted molar refractivity (Wildman–Crippen MR) is 190 cm³/mol. The summed E-state index contributed by atoms with van der Waals surface area (Å²) in [6.07, 6.45) is 2.57. The molecule has 0 aliphatic carbocycles. The molecule has 2 amide bonds. The van der Waals surface area contributed by atoms with Gasteiger partial charge >= 0.3 is 5.76 Å². The zero-order valence-corrected chi connectivity index (χ0v) is 29.3. The largest absolute Gasteiger partial charge is 0.417 e. The minimum atomic E-state index is -1.08. The van der Waals surface area contributed by atoms with Crippen LogP contribution in [0.15, 0.2) is 51.2 Å². The Balaban J connectivity index is 1.68. The first-order valence-electron chi connectivity index (χ1n) is 16.7. The average molecular weight is 698 g/mol. The molecule has 2 unspecified atom stereocenters. The number of likely N-dealkylation sites (N-methyl/N-ethyl adjacent to an activating group) is 1. The molecule has 0 bridgehead atoms. The molecule has 14 heteroatoms. The van der Waals surface area contributed by atoms with Crippen molar-refractivity contribution >= 4 is 45.2 Å². The van der Waals surface area contributed by atoms with E-state index in [1.54, 1.807) is 30.9 Å². The lowest BCUT2D eigenvalue weighted by Crippen LogP contribution is -2.66. The molecule has 7 rings (SSSR count). The van der Waals surface area contributed by atoms with Gasteiger partial charge in [-0.3, -0.25) is 23.9 Å². The van der Waals surface area contributed by atoms with E-state index >= 15 is 13.6 Å². The highest BCUT2D eigenvalue weighted by Gasteiger charge is 2.46. The van der Waals surface area contributed by atoms with Crippen LogP contribution in [0.5, 0.6) is 0 Å². The number of oxazole rings is 1. The van der Waals surface area contributed by atoms with Crippen molar-refractivity contribution in [3.63, 3.8) is 0 Å². The number of fused-ring (bicyclic) bond motifs is 6. The highest BCUT2D eigenvalue weighted by molar-refractivity contribution is 6.13.